The van der Waals surface area contributed by atoms with Crippen molar-refractivity contribution in [2.24, 2.45) is 0 Å². The maximum atomic E-state index is 12.2. The Hall–Kier alpha value is -2.25. The molecule has 112 valence electrons. The standard InChI is InChI=1S/C18H18N2OS/c1-13-6-8-17(9-7-13)20-18(21)14(2)22-12-16-5-3-4-15(10-16)11-19/h3-10,14H,12H2,1-2H3,(H,20,21). The van der Waals surface area contributed by atoms with Gasteiger partial charge in [-0.25, -0.2) is 0 Å². The van der Waals surface area contributed by atoms with Crippen molar-refractivity contribution in [2.75, 3.05) is 5.32 Å². The van der Waals surface area contributed by atoms with Crippen molar-refractivity contribution in [2.45, 2.75) is 24.9 Å². The predicted molar refractivity (Wildman–Crippen MR) is 91.7 cm³/mol. The van der Waals surface area contributed by atoms with E-state index in [4.69, 9.17) is 5.26 Å². The van der Waals surface area contributed by atoms with Gasteiger partial charge in [0.1, 0.15) is 0 Å². The molecule has 0 radical (unpaired) electrons. The number of thioether (sulfide) groups is 1. The zero-order chi connectivity index (χ0) is 15.9. The number of rotatable bonds is 5. The molecule has 0 aliphatic carbocycles. The van der Waals surface area contributed by atoms with Crippen molar-refractivity contribution in [3.05, 3.63) is 65.2 Å². The average molecular weight is 310 g/mol. The highest BCUT2D eigenvalue weighted by atomic mass is 32.2. The monoisotopic (exact) mass is 310 g/mol. The predicted octanol–water partition coefficient (Wildman–Crippen LogP) is 4.13. The van der Waals surface area contributed by atoms with Gasteiger partial charge in [-0.2, -0.15) is 5.26 Å². The second kappa shape index (κ2) is 7.67. The van der Waals surface area contributed by atoms with Crippen molar-refractivity contribution in [1.82, 2.24) is 0 Å². The largest absolute Gasteiger partial charge is 0.325 e. The molecule has 4 heteroatoms. The quantitative estimate of drug-likeness (QED) is 0.903. The van der Waals surface area contributed by atoms with E-state index in [1.54, 1.807) is 17.8 Å². The fraction of sp³-hybridized carbons (Fsp3) is 0.222. The number of anilines is 1. The van der Waals surface area contributed by atoms with E-state index in [9.17, 15) is 4.79 Å². The number of aryl methyl sites for hydroxylation is 1. The zero-order valence-corrected chi connectivity index (χ0v) is 13.5. The van der Waals surface area contributed by atoms with Crippen LogP contribution in [0.2, 0.25) is 0 Å². The van der Waals surface area contributed by atoms with Crippen LogP contribution in [0.25, 0.3) is 0 Å². The number of hydrogen-bond acceptors (Lipinski definition) is 3. The molecule has 0 aromatic heterocycles. The van der Waals surface area contributed by atoms with Gasteiger partial charge in [-0.15, -0.1) is 11.8 Å². The molecular weight excluding hydrogens is 292 g/mol. The van der Waals surface area contributed by atoms with E-state index in [0.29, 0.717) is 11.3 Å². The molecule has 2 aromatic carbocycles. The maximum absolute atomic E-state index is 12.2. The SMILES string of the molecule is Cc1ccc(NC(=O)C(C)SCc2cccc(C#N)c2)cc1. The van der Waals surface area contributed by atoms with Crippen LogP contribution in [0.1, 0.15) is 23.6 Å². The van der Waals surface area contributed by atoms with E-state index in [0.717, 1.165) is 16.8 Å². The van der Waals surface area contributed by atoms with Crippen LogP contribution in [-0.2, 0) is 10.5 Å². The second-order valence-electron chi connectivity index (χ2n) is 5.12. The summed E-state index contributed by atoms with van der Waals surface area (Å²) in [6.45, 7) is 3.90. The van der Waals surface area contributed by atoms with E-state index in [1.165, 1.54) is 0 Å². The van der Waals surface area contributed by atoms with E-state index in [2.05, 4.69) is 11.4 Å². The Labute approximate surface area is 135 Å². The van der Waals surface area contributed by atoms with Crippen LogP contribution in [0.4, 0.5) is 5.69 Å². The van der Waals surface area contributed by atoms with Gasteiger partial charge in [-0.05, 0) is 43.7 Å². The fourth-order valence-electron chi connectivity index (χ4n) is 1.91. The average Bonchev–Trinajstić information content (AvgIpc) is 2.54. The Morgan fingerprint density at radius 1 is 1.27 bits per heavy atom. The van der Waals surface area contributed by atoms with Crippen LogP contribution >= 0.6 is 11.8 Å². The summed E-state index contributed by atoms with van der Waals surface area (Å²) in [7, 11) is 0. The molecule has 1 N–H and O–H groups in total. The van der Waals surface area contributed by atoms with Crippen LogP contribution in [0.3, 0.4) is 0 Å². The number of nitrogens with zero attached hydrogens (tertiary/aromatic N) is 1. The Bertz CT molecular complexity index is 689. The van der Waals surface area contributed by atoms with Crippen molar-refractivity contribution < 1.29 is 4.79 Å². The molecule has 3 nitrogen and oxygen atoms in total. The van der Waals surface area contributed by atoms with E-state index >= 15 is 0 Å². The Kier molecular flexibility index (Phi) is 5.62. The molecule has 0 spiro atoms. The summed E-state index contributed by atoms with van der Waals surface area (Å²) in [5.41, 5.74) is 3.68. The molecule has 1 unspecified atom stereocenters. The third-order valence-corrected chi connectivity index (χ3v) is 4.46. The molecule has 0 saturated heterocycles. The summed E-state index contributed by atoms with van der Waals surface area (Å²) in [6, 6.07) is 17.4. The van der Waals surface area contributed by atoms with Crippen molar-refractivity contribution in [3.8, 4) is 6.07 Å². The van der Waals surface area contributed by atoms with Crippen LogP contribution in [0.5, 0.6) is 0 Å². The first kappa shape index (κ1) is 16.1. The number of nitriles is 1. The third-order valence-electron chi connectivity index (χ3n) is 3.24. The molecule has 0 bridgehead atoms. The lowest BCUT2D eigenvalue weighted by Crippen LogP contribution is -2.22. The van der Waals surface area contributed by atoms with Gasteiger partial charge < -0.3 is 5.32 Å². The van der Waals surface area contributed by atoms with Gasteiger partial charge in [-0.3, -0.25) is 4.79 Å². The first-order valence-corrected chi connectivity index (χ1v) is 8.11. The molecule has 0 heterocycles. The summed E-state index contributed by atoms with van der Waals surface area (Å²) in [6.07, 6.45) is 0. The number of amides is 1. The summed E-state index contributed by atoms with van der Waals surface area (Å²) in [5, 5.41) is 11.6. The maximum Gasteiger partial charge on any atom is 0.237 e. The molecule has 1 amide bonds. The second-order valence-corrected chi connectivity index (χ2v) is 6.45. The minimum Gasteiger partial charge on any atom is -0.325 e. The van der Waals surface area contributed by atoms with Gasteiger partial charge in [0.2, 0.25) is 5.91 Å². The molecule has 0 fully saturated rings. The van der Waals surface area contributed by atoms with Gasteiger partial charge in [0.15, 0.2) is 0 Å². The fourth-order valence-corrected chi connectivity index (χ4v) is 2.74. The third kappa shape index (κ3) is 4.64. The van der Waals surface area contributed by atoms with Crippen LogP contribution in [0, 0.1) is 18.3 Å². The normalized spacial score (nSPS) is 11.5. The minimum absolute atomic E-state index is 0.00899. The van der Waals surface area contributed by atoms with Gasteiger partial charge in [0, 0.05) is 11.4 Å². The number of carbonyl (C=O) groups excluding carboxylic acids is 1. The summed E-state index contributed by atoms with van der Waals surface area (Å²) in [4.78, 5) is 12.2. The lowest BCUT2D eigenvalue weighted by atomic mass is 10.2. The summed E-state index contributed by atoms with van der Waals surface area (Å²) in [5.74, 6) is 0.697. The van der Waals surface area contributed by atoms with Gasteiger partial charge in [0.25, 0.3) is 0 Å². The molecule has 1 atom stereocenters. The Balaban J connectivity index is 1.88. The molecule has 0 aliphatic heterocycles. The van der Waals surface area contributed by atoms with Crippen LogP contribution in [-0.4, -0.2) is 11.2 Å². The molecule has 2 rings (SSSR count). The zero-order valence-electron chi connectivity index (χ0n) is 12.7. The van der Waals surface area contributed by atoms with Gasteiger partial charge in [-0.1, -0.05) is 29.8 Å². The Morgan fingerprint density at radius 3 is 2.68 bits per heavy atom. The summed E-state index contributed by atoms with van der Waals surface area (Å²) < 4.78 is 0. The lowest BCUT2D eigenvalue weighted by molar-refractivity contribution is -0.115. The van der Waals surface area contributed by atoms with Gasteiger partial charge in [0.05, 0.1) is 16.9 Å². The number of hydrogen-bond donors (Lipinski definition) is 1. The minimum atomic E-state index is -0.160. The smallest absolute Gasteiger partial charge is 0.237 e. The Morgan fingerprint density at radius 2 is 2.00 bits per heavy atom. The van der Waals surface area contributed by atoms with Gasteiger partial charge >= 0.3 is 0 Å². The van der Waals surface area contributed by atoms with Crippen LogP contribution in [0.15, 0.2) is 48.5 Å². The number of benzene rings is 2. The van der Waals surface area contributed by atoms with Crippen molar-refractivity contribution in [1.29, 1.82) is 5.26 Å². The first-order chi connectivity index (χ1) is 10.6. The highest BCUT2D eigenvalue weighted by Gasteiger charge is 2.13. The molecular formula is C18H18N2OS. The molecule has 2 aromatic rings. The molecule has 0 saturated carbocycles. The van der Waals surface area contributed by atoms with E-state index in [-0.39, 0.29) is 11.2 Å². The van der Waals surface area contributed by atoms with E-state index in [1.807, 2.05) is 56.3 Å². The topological polar surface area (TPSA) is 52.9 Å². The first-order valence-electron chi connectivity index (χ1n) is 7.06. The number of carbonyl (C=O) groups is 1. The lowest BCUT2D eigenvalue weighted by Gasteiger charge is -2.12. The summed E-state index contributed by atoms with van der Waals surface area (Å²) >= 11 is 1.56. The highest BCUT2D eigenvalue weighted by molar-refractivity contribution is 7.99. The number of nitrogens with one attached hydrogen (secondary N) is 1. The van der Waals surface area contributed by atoms with Crippen molar-refractivity contribution in [3.63, 3.8) is 0 Å². The van der Waals surface area contributed by atoms with Crippen molar-refractivity contribution >= 4 is 23.4 Å². The molecule has 0 aliphatic rings. The highest BCUT2D eigenvalue weighted by Crippen LogP contribution is 2.20. The van der Waals surface area contributed by atoms with E-state index < -0.39 is 0 Å². The molecule has 22 heavy (non-hydrogen) atoms. The van der Waals surface area contributed by atoms with Crippen LogP contribution < -0.4 is 5.32 Å².